The summed E-state index contributed by atoms with van der Waals surface area (Å²) in [5.74, 6) is -6.38. The fourth-order valence-electron chi connectivity index (χ4n) is 8.72. The zero-order valence-corrected chi connectivity index (χ0v) is 44.8. The van der Waals surface area contributed by atoms with E-state index in [-0.39, 0.29) is 32.1 Å². The molecule has 16 heteroatoms. The van der Waals surface area contributed by atoms with Crippen LogP contribution in [0.3, 0.4) is 0 Å². The number of carbonyl (C=O) groups is 6. The predicted octanol–water partition coefficient (Wildman–Crippen LogP) is 6.74. The molecule has 4 aromatic rings. The summed E-state index contributed by atoms with van der Waals surface area (Å²) >= 11 is 0. The summed E-state index contributed by atoms with van der Waals surface area (Å²) in [6, 6.07) is 26.6. The molecule has 0 bridgehead atoms. The molecule has 0 radical (unpaired) electrons. The molecule has 16 nitrogen and oxygen atoms in total. The van der Waals surface area contributed by atoms with Gasteiger partial charge in [-0.25, -0.2) is 19.4 Å². The molecule has 0 unspecified atom stereocenters. The van der Waals surface area contributed by atoms with E-state index in [4.69, 9.17) is 26.7 Å². The van der Waals surface area contributed by atoms with Crippen LogP contribution >= 0.6 is 0 Å². The average molecular weight is 1020 g/mol. The summed E-state index contributed by atoms with van der Waals surface area (Å²) < 4.78 is 11.6. The minimum Gasteiger partial charge on any atom is -0.443 e. The van der Waals surface area contributed by atoms with Gasteiger partial charge in [0.2, 0.25) is 11.8 Å². The van der Waals surface area contributed by atoms with Gasteiger partial charge in [0.05, 0.1) is 24.2 Å². The van der Waals surface area contributed by atoms with Gasteiger partial charge in [-0.15, -0.1) is 0 Å². The van der Waals surface area contributed by atoms with Gasteiger partial charge in [-0.05, 0) is 114 Å². The van der Waals surface area contributed by atoms with E-state index in [1.165, 1.54) is 0 Å². The third-order valence-corrected chi connectivity index (χ3v) is 12.4. The van der Waals surface area contributed by atoms with Gasteiger partial charge in [-0.1, -0.05) is 149 Å². The molecule has 4 aromatic carbocycles. The Kier molecular flexibility index (Phi) is 22.2. The molecule has 402 valence electrons. The number of nitrogens with zero attached hydrogens (tertiary/aromatic N) is 3. The molecule has 0 heterocycles. The minimum atomic E-state index is -1.99. The molecule has 0 aliphatic rings. The second-order valence-electron chi connectivity index (χ2n) is 21.7. The van der Waals surface area contributed by atoms with Crippen LogP contribution < -0.4 is 17.2 Å². The van der Waals surface area contributed by atoms with Crippen LogP contribution in [-0.4, -0.2) is 120 Å². The van der Waals surface area contributed by atoms with Crippen molar-refractivity contribution in [1.82, 2.24) is 14.7 Å². The smallest absolute Gasteiger partial charge is 0.417 e. The monoisotopic (exact) mass is 1020 g/mol. The lowest BCUT2D eigenvalue weighted by atomic mass is 9.88. The number of benzene rings is 4. The van der Waals surface area contributed by atoms with Crippen molar-refractivity contribution in [3.05, 3.63) is 144 Å². The van der Waals surface area contributed by atoms with Crippen molar-refractivity contribution < 1.29 is 48.5 Å². The number of aliphatic hydroxyl groups excluding tert-OH is 2. The van der Waals surface area contributed by atoms with E-state index >= 15 is 9.59 Å². The highest BCUT2D eigenvalue weighted by Gasteiger charge is 2.52. The molecule has 74 heavy (non-hydrogen) atoms. The van der Waals surface area contributed by atoms with Crippen LogP contribution in [0, 0.1) is 11.8 Å². The molecule has 0 spiro atoms. The summed E-state index contributed by atoms with van der Waals surface area (Å²) in [6.07, 6.45) is -5.92. The van der Waals surface area contributed by atoms with Crippen molar-refractivity contribution in [2.24, 2.45) is 29.0 Å². The van der Waals surface area contributed by atoms with E-state index in [1.807, 2.05) is 30.3 Å². The molecule has 0 aliphatic carbocycles. The molecule has 0 fully saturated rings. The summed E-state index contributed by atoms with van der Waals surface area (Å²) in [7, 11) is 0. The number of hydrogen-bond acceptors (Lipinski definition) is 13. The third kappa shape index (κ3) is 17.4. The molecule has 0 saturated heterocycles. The number of hydrogen-bond donors (Lipinski definition) is 5. The molecule has 6 amide bonds. The van der Waals surface area contributed by atoms with Crippen molar-refractivity contribution in [2.75, 3.05) is 0 Å². The summed E-state index contributed by atoms with van der Waals surface area (Å²) in [5.41, 5.74) is 20.5. The van der Waals surface area contributed by atoms with Crippen LogP contribution in [0.15, 0.2) is 121 Å². The Morgan fingerprint density at radius 1 is 0.459 bits per heavy atom. The maximum absolute atomic E-state index is 16.3. The lowest BCUT2D eigenvalue weighted by Crippen LogP contribution is -2.68. The van der Waals surface area contributed by atoms with Crippen LogP contribution in [0.4, 0.5) is 9.59 Å². The number of carbonyl (C=O) groups excluding carboxylic acids is 6. The second-order valence-corrected chi connectivity index (χ2v) is 21.7. The maximum Gasteiger partial charge on any atom is 0.417 e. The zero-order valence-electron chi connectivity index (χ0n) is 44.8. The fraction of sp³-hybridized carbons (Fsp3) is 0.483. The number of aliphatic hydroxyl groups is 2. The van der Waals surface area contributed by atoms with E-state index in [0.717, 1.165) is 11.1 Å². The summed E-state index contributed by atoms with van der Waals surface area (Å²) in [4.78, 5) is 93.5. The Labute approximate surface area is 437 Å². The van der Waals surface area contributed by atoms with E-state index in [2.05, 4.69) is 0 Å². The van der Waals surface area contributed by atoms with Crippen LogP contribution in [0.1, 0.15) is 104 Å². The Morgan fingerprint density at radius 2 is 0.770 bits per heavy atom. The lowest BCUT2D eigenvalue weighted by Gasteiger charge is -2.44. The number of aryl methyl sites for hydroxylation is 2. The van der Waals surface area contributed by atoms with Crippen LogP contribution in [-0.2, 0) is 54.3 Å². The zero-order chi connectivity index (χ0) is 55.1. The van der Waals surface area contributed by atoms with E-state index in [9.17, 15) is 29.4 Å². The lowest BCUT2D eigenvalue weighted by molar-refractivity contribution is -0.166. The van der Waals surface area contributed by atoms with Gasteiger partial charge in [0.15, 0.2) is 0 Å². The van der Waals surface area contributed by atoms with E-state index in [1.54, 1.807) is 160 Å². The molecule has 8 atom stereocenters. The summed E-state index contributed by atoms with van der Waals surface area (Å²) in [5, 5.41) is 24.9. The van der Waals surface area contributed by atoms with Crippen molar-refractivity contribution in [1.29, 1.82) is 0 Å². The van der Waals surface area contributed by atoms with Crippen LogP contribution in [0.2, 0.25) is 0 Å². The van der Waals surface area contributed by atoms with Crippen molar-refractivity contribution >= 4 is 35.8 Å². The predicted molar refractivity (Wildman–Crippen MR) is 285 cm³/mol. The van der Waals surface area contributed by atoms with Crippen molar-refractivity contribution in [3.63, 3.8) is 0 Å². The van der Waals surface area contributed by atoms with Crippen molar-refractivity contribution in [3.8, 4) is 0 Å². The molecular weight excluding hydrogens is 941 g/mol. The second kappa shape index (κ2) is 27.3. The molecule has 0 saturated carbocycles. The van der Waals surface area contributed by atoms with Crippen LogP contribution in [0.25, 0.3) is 0 Å². The quantitative estimate of drug-likeness (QED) is 0.0548. The first kappa shape index (κ1) is 60.3. The largest absolute Gasteiger partial charge is 0.443 e. The summed E-state index contributed by atoms with van der Waals surface area (Å²) in [6.45, 7) is 15.7. The highest BCUT2D eigenvalue weighted by Crippen LogP contribution is 2.30. The fourth-order valence-corrected chi connectivity index (χ4v) is 8.72. The Bertz CT molecular complexity index is 2310. The SMILES string of the molecule is CC(C)[C@@H](C(=O)N(C(=O)[C@H](C(C)C)N(C(=O)OC(C)(C)C)C(=O)[C@@H](N)Cc1ccccc1)[C@@H](CCc1ccccc1)[C@@H](O)[C@H](O)[C@@H](N)CCc1ccccc1)N(C(=O)OC(C)(C)C)C(=O)[C@@H](N)Cc1ccccc1. The Morgan fingerprint density at radius 3 is 1.08 bits per heavy atom. The van der Waals surface area contributed by atoms with E-state index < -0.39 is 107 Å². The highest BCUT2D eigenvalue weighted by molar-refractivity contribution is 6.08. The van der Waals surface area contributed by atoms with Gasteiger partial charge < -0.3 is 36.9 Å². The first-order chi connectivity index (χ1) is 34.7. The molecular formula is C58H80N6O10. The number of amides is 6. The normalized spacial score (nSPS) is 15.1. The molecule has 0 aliphatic heterocycles. The molecule has 4 rings (SSSR count). The van der Waals surface area contributed by atoms with E-state index in [0.29, 0.717) is 32.2 Å². The van der Waals surface area contributed by atoms with Crippen LogP contribution in [0.5, 0.6) is 0 Å². The minimum absolute atomic E-state index is 0.0578. The van der Waals surface area contributed by atoms with Gasteiger partial charge in [0, 0.05) is 6.04 Å². The Hall–Kier alpha value is -6.30. The number of ether oxygens (including phenoxy) is 2. The Balaban J connectivity index is 2.04. The first-order valence-electron chi connectivity index (χ1n) is 25.5. The first-order valence-corrected chi connectivity index (χ1v) is 25.5. The van der Waals surface area contributed by atoms with Gasteiger partial charge >= 0.3 is 12.2 Å². The van der Waals surface area contributed by atoms with Gasteiger partial charge in [-0.3, -0.25) is 24.1 Å². The highest BCUT2D eigenvalue weighted by atomic mass is 16.6. The number of imide groups is 3. The maximum atomic E-state index is 16.3. The third-order valence-electron chi connectivity index (χ3n) is 12.4. The molecule has 0 aromatic heterocycles. The number of nitrogens with two attached hydrogens (primary N) is 3. The standard InChI is InChI=1S/C58H80N6O10/c1-37(2)47(63(55(71)73-57(5,6)7)51(67)44(60)35-41-27-19-13-20-28-41)53(69)62(46(34-32-40-25-17-12-18-26-40)50(66)49(65)43(59)33-31-39-23-15-11-16-24-39)54(70)48(38(3)4)64(56(72)74-58(8,9)10)52(68)45(61)36-42-29-21-14-22-30-42/h11-30,37-38,43-50,65-66H,31-36,59-61H2,1-10H3/t43-,44-,45-,46-,47-,48-,49+,50+/m0/s1. The van der Waals surface area contributed by atoms with Crippen molar-refractivity contribution in [2.45, 2.75) is 167 Å². The molecule has 8 N–H and O–H groups in total. The van der Waals surface area contributed by atoms with Gasteiger partial charge in [-0.2, -0.15) is 0 Å². The number of rotatable bonds is 22. The topological polar surface area (TPSA) is 249 Å². The van der Waals surface area contributed by atoms with Gasteiger partial charge in [0.25, 0.3) is 11.8 Å². The van der Waals surface area contributed by atoms with Gasteiger partial charge in [0.1, 0.15) is 29.4 Å². The average Bonchev–Trinajstić information content (AvgIpc) is 3.33.